The Morgan fingerprint density at radius 1 is 1.40 bits per heavy atom. The van der Waals surface area contributed by atoms with E-state index >= 15 is 0 Å². The Balaban J connectivity index is 2.93. The van der Waals surface area contributed by atoms with Gasteiger partial charge in [0.2, 0.25) is 0 Å². The molecule has 0 aliphatic rings. The molecule has 0 aliphatic heterocycles. The van der Waals surface area contributed by atoms with Gasteiger partial charge in [-0.15, -0.1) is 0 Å². The van der Waals surface area contributed by atoms with Crippen LogP contribution in [0.5, 0.6) is 0 Å². The van der Waals surface area contributed by atoms with Crippen molar-refractivity contribution in [3.8, 4) is 0 Å². The second kappa shape index (κ2) is 2.94. The molecule has 0 aliphatic carbocycles. The van der Waals surface area contributed by atoms with E-state index in [1.54, 1.807) is 0 Å². The molecule has 80 valence electrons. The zero-order valence-electron chi connectivity index (χ0n) is 7.64. The van der Waals surface area contributed by atoms with Gasteiger partial charge in [0.1, 0.15) is 4.90 Å². The summed E-state index contributed by atoms with van der Waals surface area (Å²) in [6.07, 6.45) is 0. The Morgan fingerprint density at radius 3 is 2.67 bits per heavy atom. The summed E-state index contributed by atoms with van der Waals surface area (Å²) < 4.78 is 35.5. The van der Waals surface area contributed by atoms with Gasteiger partial charge in [0.05, 0.1) is 5.52 Å². The van der Waals surface area contributed by atoms with E-state index in [0.717, 1.165) is 0 Å². The summed E-state index contributed by atoms with van der Waals surface area (Å²) in [6, 6.07) is 2.56. The van der Waals surface area contributed by atoms with Crippen molar-refractivity contribution in [2.45, 2.75) is 11.8 Å². The van der Waals surface area contributed by atoms with E-state index < -0.39 is 15.9 Å². The largest absolute Gasteiger partial charge is 0.417 e. The molecular formula is C8H7NO5S. The summed E-state index contributed by atoms with van der Waals surface area (Å²) in [5.41, 5.74) is 0.730. The normalized spacial score (nSPS) is 12.1. The van der Waals surface area contributed by atoms with Gasteiger partial charge in [-0.1, -0.05) is 0 Å². The van der Waals surface area contributed by atoms with Crippen molar-refractivity contribution in [1.29, 1.82) is 0 Å². The molecule has 0 fully saturated rings. The minimum atomic E-state index is -4.29. The van der Waals surface area contributed by atoms with Crippen LogP contribution in [0.3, 0.4) is 0 Å². The lowest BCUT2D eigenvalue weighted by Crippen LogP contribution is -2.00. The van der Waals surface area contributed by atoms with Gasteiger partial charge >= 0.3 is 5.76 Å². The predicted octanol–water partition coefficient (Wildman–Crippen LogP) is 0.676. The lowest BCUT2D eigenvalue weighted by molar-refractivity contribution is 0.482. The zero-order chi connectivity index (χ0) is 11.2. The molecule has 1 heterocycles. The van der Waals surface area contributed by atoms with Crippen molar-refractivity contribution in [3.63, 3.8) is 0 Å². The number of fused-ring (bicyclic) bond motifs is 1. The van der Waals surface area contributed by atoms with Crippen LogP contribution in [0.25, 0.3) is 11.1 Å². The molecule has 0 saturated carbocycles. The molecule has 1 aromatic carbocycles. The highest BCUT2D eigenvalue weighted by Gasteiger charge is 2.17. The van der Waals surface area contributed by atoms with Crippen LogP contribution < -0.4 is 5.76 Å². The Bertz CT molecular complexity index is 679. The third kappa shape index (κ3) is 1.55. The summed E-state index contributed by atoms with van der Waals surface area (Å²) in [6.45, 7) is 1.45. The molecule has 0 unspecified atom stereocenters. The molecule has 7 heteroatoms. The third-order valence-corrected chi connectivity index (χ3v) is 3.06. The van der Waals surface area contributed by atoms with Crippen LogP contribution in [0.4, 0.5) is 0 Å². The minimum Gasteiger partial charge on any atom is -0.408 e. The van der Waals surface area contributed by atoms with E-state index in [0.29, 0.717) is 5.52 Å². The molecule has 2 rings (SSSR count). The third-order valence-electron chi connectivity index (χ3n) is 2.07. The highest BCUT2D eigenvalue weighted by atomic mass is 32.2. The number of aromatic nitrogens is 1. The number of hydrogen-bond acceptors (Lipinski definition) is 4. The standard InChI is InChI=1S/C8H7NO5S/c1-4-6(15(11,12)13)3-2-5-7(4)14-8(10)9-5/h2-3H,1H3,(H,9,10)(H,11,12,13). The number of hydrogen-bond donors (Lipinski definition) is 2. The van der Waals surface area contributed by atoms with Gasteiger partial charge in [-0.25, -0.2) is 4.79 Å². The zero-order valence-corrected chi connectivity index (χ0v) is 8.46. The van der Waals surface area contributed by atoms with E-state index in [-0.39, 0.29) is 16.0 Å². The molecular weight excluding hydrogens is 222 g/mol. The van der Waals surface area contributed by atoms with Crippen molar-refractivity contribution >= 4 is 21.2 Å². The van der Waals surface area contributed by atoms with Crippen LogP contribution in [0, 0.1) is 6.92 Å². The van der Waals surface area contributed by atoms with Crippen LogP contribution in [0.15, 0.2) is 26.2 Å². The topological polar surface area (TPSA) is 100 Å². The first-order valence-electron chi connectivity index (χ1n) is 3.99. The molecule has 15 heavy (non-hydrogen) atoms. The second-order valence-electron chi connectivity index (χ2n) is 3.05. The van der Waals surface area contributed by atoms with Crippen LogP contribution in [-0.2, 0) is 10.1 Å². The Hall–Kier alpha value is -1.60. The lowest BCUT2D eigenvalue weighted by Gasteiger charge is -2.00. The molecule has 0 spiro atoms. The fourth-order valence-corrected chi connectivity index (χ4v) is 2.13. The van der Waals surface area contributed by atoms with Crippen molar-refractivity contribution in [3.05, 3.63) is 28.2 Å². The number of aromatic amines is 1. The summed E-state index contributed by atoms with van der Waals surface area (Å²) in [4.78, 5) is 13.0. The second-order valence-corrected chi connectivity index (χ2v) is 4.44. The molecule has 0 amide bonds. The highest BCUT2D eigenvalue weighted by Crippen LogP contribution is 2.22. The summed E-state index contributed by atoms with van der Waals surface area (Å²) in [7, 11) is -4.29. The van der Waals surface area contributed by atoms with Gasteiger partial charge in [-0.3, -0.25) is 9.54 Å². The van der Waals surface area contributed by atoms with Crippen LogP contribution in [0.2, 0.25) is 0 Å². The number of rotatable bonds is 1. The van der Waals surface area contributed by atoms with Gasteiger partial charge in [0, 0.05) is 5.56 Å². The van der Waals surface area contributed by atoms with Crippen LogP contribution in [0.1, 0.15) is 5.56 Å². The molecule has 0 saturated heterocycles. The SMILES string of the molecule is Cc1c(S(=O)(=O)O)ccc2[nH]c(=O)oc12. The predicted molar refractivity (Wildman–Crippen MR) is 51.4 cm³/mol. The van der Waals surface area contributed by atoms with Gasteiger partial charge in [0.15, 0.2) is 5.58 Å². The van der Waals surface area contributed by atoms with Crippen molar-refractivity contribution in [1.82, 2.24) is 4.98 Å². The summed E-state index contributed by atoms with van der Waals surface area (Å²) in [5, 5.41) is 0. The Kier molecular flexibility index (Phi) is 1.95. The molecule has 0 atom stereocenters. The van der Waals surface area contributed by atoms with Crippen LogP contribution in [-0.4, -0.2) is 18.0 Å². The molecule has 6 nitrogen and oxygen atoms in total. The average molecular weight is 229 g/mol. The molecule has 2 aromatic rings. The molecule has 2 N–H and O–H groups in total. The number of aryl methyl sites for hydroxylation is 1. The Labute approximate surface area is 84.3 Å². The minimum absolute atomic E-state index is 0.134. The first-order valence-corrected chi connectivity index (χ1v) is 5.43. The Morgan fingerprint density at radius 2 is 2.07 bits per heavy atom. The lowest BCUT2D eigenvalue weighted by atomic mass is 10.2. The first kappa shape index (κ1) is 9.94. The summed E-state index contributed by atoms with van der Waals surface area (Å²) in [5.74, 6) is -0.666. The average Bonchev–Trinajstić information content (AvgIpc) is 2.44. The fraction of sp³-hybridized carbons (Fsp3) is 0.125. The monoisotopic (exact) mass is 229 g/mol. The molecule has 0 bridgehead atoms. The van der Waals surface area contributed by atoms with Crippen LogP contribution >= 0.6 is 0 Å². The van der Waals surface area contributed by atoms with E-state index in [2.05, 4.69) is 4.98 Å². The quantitative estimate of drug-likeness (QED) is 0.700. The van der Waals surface area contributed by atoms with E-state index in [4.69, 9.17) is 8.97 Å². The molecule has 1 aromatic heterocycles. The van der Waals surface area contributed by atoms with E-state index in [1.807, 2.05) is 0 Å². The maximum Gasteiger partial charge on any atom is 0.417 e. The van der Waals surface area contributed by atoms with Gasteiger partial charge < -0.3 is 4.42 Å². The summed E-state index contributed by atoms with van der Waals surface area (Å²) >= 11 is 0. The molecule has 0 radical (unpaired) electrons. The highest BCUT2D eigenvalue weighted by molar-refractivity contribution is 7.85. The number of oxazole rings is 1. The van der Waals surface area contributed by atoms with Crippen molar-refractivity contribution in [2.75, 3.05) is 0 Å². The smallest absolute Gasteiger partial charge is 0.408 e. The van der Waals surface area contributed by atoms with E-state index in [1.165, 1.54) is 19.1 Å². The maximum atomic E-state index is 10.9. The number of nitrogens with one attached hydrogen (secondary N) is 1. The van der Waals surface area contributed by atoms with Gasteiger partial charge in [-0.2, -0.15) is 8.42 Å². The van der Waals surface area contributed by atoms with E-state index in [9.17, 15) is 13.2 Å². The maximum absolute atomic E-state index is 10.9. The van der Waals surface area contributed by atoms with Crippen molar-refractivity contribution in [2.24, 2.45) is 0 Å². The number of H-pyrrole nitrogens is 1. The van der Waals surface area contributed by atoms with Gasteiger partial charge in [-0.05, 0) is 19.1 Å². The first-order chi connectivity index (χ1) is 6.89. The van der Waals surface area contributed by atoms with Gasteiger partial charge in [0.25, 0.3) is 10.1 Å². The van der Waals surface area contributed by atoms with Crippen molar-refractivity contribution < 1.29 is 17.4 Å². The number of benzene rings is 1. The fourth-order valence-electron chi connectivity index (χ4n) is 1.41.